The number of hydrazone groups is 1. The van der Waals surface area contributed by atoms with Crippen LogP contribution in [0.5, 0.6) is 5.75 Å². The molecule has 1 N–H and O–H groups in total. The van der Waals surface area contributed by atoms with Crippen LogP contribution in [0, 0.1) is 24.0 Å². The number of nitro benzene ring substituents is 1. The molecule has 0 bridgehead atoms. The maximum absolute atomic E-state index is 12.4. The van der Waals surface area contributed by atoms with Crippen molar-refractivity contribution in [3.63, 3.8) is 0 Å². The molecule has 0 spiro atoms. The zero-order chi connectivity index (χ0) is 23.7. The first-order valence-corrected chi connectivity index (χ1v) is 10.2. The van der Waals surface area contributed by atoms with Gasteiger partial charge < -0.3 is 13.7 Å². The average molecular weight is 467 g/mol. The van der Waals surface area contributed by atoms with Crippen LogP contribution in [0.15, 0.2) is 58.0 Å². The number of methoxy groups -OCH3 is 1. The first kappa shape index (κ1) is 22.1. The van der Waals surface area contributed by atoms with Crippen molar-refractivity contribution in [1.29, 1.82) is 0 Å². The van der Waals surface area contributed by atoms with Gasteiger partial charge in [0.25, 0.3) is 5.69 Å². The van der Waals surface area contributed by atoms with Gasteiger partial charge in [-0.05, 0) is 50.2 Å². The van der Waals surface area contributed by atoms with E-state index in [4.69, 9.17) is 20.8 Å². The van der Waals surface area contributed by atoms with E-state index in [0.717, 1.165) is 22.3 Å². The Hall–Kier alpha value is -4.11. The maximum Gasteiger partial charge on any atom is 0.307 e. The number of rotatable bonds is 6. The molecule has 0 unspecified atom stereocenters. The minimum atomic E-state index is -0.496. The molecule has 9 nitrogen and oxygen atoms in total. The number of carbonyl (C=O) groups excluding carboxylic acids is 1. The molecule has 0 aliphatic carbocycles. The molecule has 33 heavy (non-hydrogen) atoms. The number of nitrogens with one attached hydrogen (secondary N) is 1. The van der Waals surface area contributed by atoms with E-state index in [0.29, 0.717) is 22.0 Å². The number of hydrogen-bond donors (Lipinski definition) is 1. The summed E-state index contributed by atoms with van der Waals surface area (Å²) in [5.74, 6) is -0.0114. The molecule has 2 aromatic carbocycles. The zero-order valence-electron chi connectivity index (χ0n) is 18.0. The lowest BCUT2D eigenvalue weighted by molar-refractivity contribution is -0.384. The van der Waals surface area contributed by atoms with Crippen LogP contribution >= 0.6 is 11.6 Å². The molecule has 0 saturated carbocycles. The van der Waals surface area contributed by atoms with Crippen LogP contribution in [-0.4, -0.2) is 28.7 Å². The summed E-state index contributed by atoms with van der Waals surface area (Å²) in [7, 11) is 1.46. The highest BCUT2D eigenvalue weighted by Crippen LogP contribution is 2.31. The van der Waals surface area contributed by atoms with Gasteiger partial charge >= 0.3 is 5.91 Å². The van der Waals surface area contributed by atoms with Crippen LogP contribution in [0.4, 0.5) is 5.69 Å². The van der Waals surface area contributed by atoms with Gasteiger partial charge in [-0.3, -0.25) is 14.9 Å². The van der Waals surface area contributed by atoms with Crippen LogP contribution < -0.4 is 10.2 Å². The summed E-state index contributed by atoms with van der Waals surface area (Å²) in [5.41, 5.74) is 6.03. The minimum Gasteiger partial charge on any atom is -0.494 e. The maximum atomic E-state index is 12.4. The van der Waals surface area contributed by atoms with Crippen molar-refractivity contribution in [3.05, 3.63) is 86.4 Å². The number of benzene rings is 2. The first-order chi connectivity index (χ1) is 15.8. The number of aryl methyl sites for hydroxylation is 1. The van der Waals surface area contributed by atoms with Gasteiger partial charge in [0.05, 0.1) is 30.0 Å². The Balaban J connectivity index is 1.57. The number of nitrogens with zero attached hydrogens (tertiary/aromatic N) is 3. The van der Waals surface area contributed by atoms with Crippen LogP contribution in [0.3, 0.4) is 0 Å². The molecule has 10 heteroatoms. The Morgan fingerprint density at radius 2 is 2.00 bits per heavy atom. The molecule has 4 rings (SSSR count). The van der Waals surface area contributed by atoms with Crippen molar-refractivity contribution < 1.29 is 18.9 Å². The normalized spacial score (nSPS) is 11.3. The predicted octanol–water partition coefficient (Wildman–Crippen LogP) is 5.17. The Bertz CT molecular complexity index is 1420. The summed E-state index contributed by atoms with van der Waals surface area (Å²) in [4.78, 5) is 23.0. The molecular formula is C23H19ClN4O5. The van der Waals surface area contributed by atoms with Crippen molar-refractivity contribution in [3.8, 4) is 11.4 Å². The molecular weight excluding hydrogens is 448 g/mol. The number of halogens is 1. The molecule has 0 radical (unpaired) electrons. The molecule has 0 saturated heterocycles. The summed E-state index contributed by atoms with van der Waals surface area (Å²) >= 11 is 5.97. The number of carbonyl (C=O) groups is 1. The van der Waals surface area contributed by atoms with Gasteiger partial charge in [-0.15, -0.1) is 0 Å². The van der Waals surface area contributed by atoms with Gasteiger partial charge in [0.15, 0.2) is 5.76 Å². The number of fused-ring (bicyclic) bond motifs is 1. The van der Waals surface area contributed by atoms with E-state index >= 15 is 0 Å². The molecule has 0 aliphatic heterocycles. The largest absolute Gasteiger partial charge is 0.494 e. The fraction of sp³-hybridized carbons (Fsp3) is 0.130. The standard InChI is InChI=1S/C23H19ClN4O5/c1-13-8-16(14(2)27(13)19-6-5-18(28(30)31)11-21(19)32-3)12-25-26-23(29)22-10-15-9-17(24)4-7-20(15)33-22/h4-12H,1-3H3,(H,26,29)/b25-12+. The summed E-state index contributed by atoms with van der Waals surface area (Å²) in [6.45, 7) is 3.77. The van der Waals surface area contributed by atoms with E-state index in [1.54, 1.807) is 30.3 Å². The van der Waals surface area contributed by atoms with E-state index in [9.17, 15) is 14.9 Å². The van der Waals surface area contributed by atoms with Crippen LogP contribution in [0.2, 0.25) is 5.02 Å². The highest BCUT2D eigenvalue weighted by atomic mass is 35.5. The monoisotopic (exact) mass is 466 g/mol. The minimum absolute atomic E-state index is 0.0598. The summed E-state index contributed by atoms with van der Waals surface area (Å²) < 4.78 is 12.8. The Morgan fingerprint density at radius 1 is 1.21 bits per heavy atom. The van der Waals surface area contributed by atoms with Gasteiger partial charge in [-0.25, -0.2) is 5.43 Å². The van der Waals surface area contributed by atoms with Gasteiger partial charge in [0.1, 0.15) is 11.3 Å². The number of non-ortho nitro benzene ring substituents is 1. The number of ether oxygens (including phenoxy) is 1. The molecule has 168 valence electrons. The Kier molecular flexibility index (Phi) is 5.89. The van der Waals surface area contributed by atoms with Crippen LogP contribution in [0.1, 0.15) is 27.5 Å². The highest BCUT2D eigenvalue weighted by molar-refractivity contribution is 6.31. The van der Waals surface area contributed by atoms with E-state index < -0.39 is 10.8 Å². The Morgan fingerprint density at radius 3 is 2.73 bits per heavy atom. The van der Waals surface area contributed by atoms with Gasteiger partial charge in [-0.1, -0.05) is 11.6 Å². The van der Waals surface area contributed by atoms with E-state index in [1.165, 1.54) is 25.5 Å². The molecule has 2 heterocycles. The number of nitro groups is 1. The predicted molar refractivity (Wildman–Crippen MR) is 125 cm³/mol. The molecule has 1 amide bonds. The lowest BCUT2D eigenvalue weighted by Gasteiger charge is -2.13. The second-order valence-electron chi connectivity index (χ2n) is 7.27. The summed E-state index contributed by atoms with van der Waals surface area (Å²) in [5, 5.41) is 16.4. The SMILES string of the molecule is COc1cc([N+](=O)[O-])ccc1-n1c(C)cc(/C=N/NC(=O)c2cc3cc(Cl)ccc3o2)c1C. The van der Waals surface area contributed by atoms with Crippen molar-refractivity contribution >= 4 is 40.4 Å². The summed E-state index contributed by atoms with van der Waals surface area (Å²) in [6.07, 6.45) is 1.52. The van der Waals surface area contributed by atoms with E-state index in [-0.39, 0.29) is 11.4 Å². The lowest BCUT2D eigenvalue weighted by Crippen LogP contribution is -2.16. The van der Waals surface area contributed by atoms with Gasteiger partial charge in [-0.2, -0.15) is 5.10 Å². The smallest absolute Gasteiger partial charge is 0.307 e. The number of aromatic nitrogens is 1. The average Bonchev–Trinajstić information content (AvgIpc) is 3.33. The quantitative estimate of drug-likeness (QED) is 0.239. The number of hydrogen-bond acceptors (Lipinski definition) is 6. The third kappa shape index (κ3) is 4.31. The zero-order valence-corrected chi connectivity index (χ0v) is 18.7. The number of amides is 1. The second kappa shape index (κ2) is 8.79. The van der Waals surface area contributed by atoms with Crippen LogP contribution in [0.25, 0.3) is 16.7 Å². The molecule has 2 aromatic heterocycles. The van der Waals surface area contributed by atoms with Crippen molar-refractivity contribution in [2.75, 3.05) is 7.11 Å². The first-order valence-electron chi connectivity index (χ1n) is 9.82. The highest BCUT2D eigenvalue weighted by Gasteiger charge is 2.17. The molecule has 0 fully saturated rings. The van der Waals surface area contributed by atoms with Crippen molar-refractivity contribution in [2.24, 2.45) is 5.10 Å². The number of furan rings is 1. The lowest BCUT2D eigenvalue weighted by atomic mass is 10.2. The van der Waals surface area contributed by atoms with E-state index in [2.05, 4.69) is 10.5 Å². The molecule has 0 aliphatic rings. The molecule has 0 atom stereocenters. The van der Waals surface area contributed by atoms with Crippen molar-refractivity contribution in [1.82, 2.24) is 9.99 Å². The summed E-state index contributed by atoms with van der Waals surface area (Å²) in [6, 6.07) is 13.0. The van der Waals surface area contributed by atoms with Crippen LogP contribution in [-0.2, 0) is 0 Å². The third-order valence-electron chi connectivity index (χ3n) is 5.16. The molecule has 4 aromatic rings. The fourth-order valence-corrected chi connectivity index (χ4v) is 3.78. The Labute approximate surface area is 193 Å². The fourth-order valence-electron chi connectivity index (χ4n) is 3.60. The second-order valence-corrected chi connectivity index (χ2v) is 7.70. The van der Waals surface area contributed by atoms with E-state index in [1.807, 2.05) is 24.5 Å². The topological polar surface area (TPSA) is 112 Å². The third-order valence-corrected chi connectivity index (χ3v) is 5.39. The van der Waals surface area contributed by atoms with Gasteiger partial charge in [0.2, 0.25) is 0 Å². The van der Waals surface area contributed by atoms with Crippen molar-refractivity contribution in [2.45, 2.75) is 13.8 Å². The van der Waals surface area contributed by atoms with Gasteiger partial charge in [0, 0.05) is 33.4 Å².